The lowest BCUT2D eigenvalue weighted by molar-refractivity contribution is -0.384. The number of aromatic hydroxyl groups is 1. The zero-order chi connectivity index (χ0) is 14.8. The molecule has 3 aromatic rings. The second kappa shape index (κ2) is 5.41. The maximum Gasteiger partial charge on any atom is 0.270 e. The summed E-state index contributed by atoms with van der Waals surface area (Å²) in [6, 6.07) is 15.1. The van der Waals surface area contributed by atoms with E-state index in [1.807, 2.05) is 6.07 Å². The summed E-state index contributed by atoms with van der Waals surface area (Å²) in [6.45, 7) is 0. The van der Waals surface area contributed by atoms with Crippen molar-refractivity contribution in [1.82, 2.24) is 4.98 Å². The van der Waals surface area contributed by atoms with E-state index in [1.54, 1.807) is 36.4 Å². The molecule has 1 aromatic heterocycles. The molecular weight excluding hydrogens is 288 g/mol. The molecule has 104 valence electrons. The summed E-state index contributed by atoms with van der Waals surface area (Å²) in [7, 11) is 0. The first kappa shape index (κ1) is 13.4. The van der Waals surface area contributed by atoms with Crippen molar-refractivity contribution in [2.45, 2.75) is 9.92 Å². The highest BCUT2D eigenvalue weighted by Gasteiger charge is 2.08. The van der Waals surface area contributed by atoms with Crippen molar-refractivity contribution >= 4 is 28.4 Å². The minimum Gasteiger partial charge on any atom is -0.508 e. The summed E-state index contributed by atoms with van der Waals surface area (Å²) in [5, 5.41) is 21.7. The number of benzene rings is 2. The summed E-state index contributed by atoms with van der Waals surface area (Å²) in [5.74, 6) is 0.205. The minimum absolute atomic E-state index is 0.0534. The van der Waals surface area contributed by atoms with Gasteiger partial charge < -0.3 is 5.11 Å². The van der Waals surface area contributed by atoms with Crippen molar-refractivity contribution < 1.29 is 10.0 Å². The van der Waals surface area contributed by atoms with Gasteiger partial charge in [0.25, 0.3) is 5.69 Å². The normalized spacial score (nSPS) is 10.7. The van der Waals surface area contributed by atoms with Crippen LogP contribution in [0, 0.1) is 10.1 Å². The van der Waals surface area contributed by atoms with E-state index in [1.165, 1.54) is 23.9 Å². The van der Waals surface area contributed by atoms with Gasteiger partial charge >= 0.3 is 0 Å². The molecule has 0 aliphatic carbocycles. The van der Waals surface area contributed by atoms with Gasteiger partial charge in [-0.25, -0.2) is 4.98 Å². The number of hydrogen-bond acceptors (Lipinski definition) is 5. The van der Waals surface area contributed by atoms with E-state index in [4.69, 9.17) is 0 Å². The van der Waals surface area contributed by atoms with E-state index in [2.05, 4.69) is 4.98 Å². The second-order valence-electron chi connectivity index (χ2n) is 4.38. The van der Waals surface area contributed by atoms with Crippen LogP contribution in [0.4, 0.5) is 5.69 Å². The van der Waals surface area contributed by atoms with Gasteiger partial charge in [-0.1, -0.05) is 17.8 Å². The molecule has 0 bridgehead atoms. The molecule has 6 heteroatoms. The van der Waals surface area contributed by atoms with Crippen LogP contribution in [0.15, 0.2) is 64.5 Å². The summed E-state index contributed by atoms with van der Waals surface area (Å²) in [6.07, 6.45) is 0. The van der Waals surface area contributed by atoms with Crippen LogP contribution in [0.1, 0.15) is 0 Å². The largest absolute Gasteiger partial charge is 0.508 e. The molecule has 0 spiro atoms. The Morgan fingerprint density at radius 3 is 2.71 bits per heavy atom. The monoisotopic (exact) mass is 298 g/mol. The molecule has 2 aromatic carbocycles. The van der Waals surface area contributed by atoms with Gasteiger partial charge in [-0.3, -0.25) is 10.1 Å². The lowest BCUT2D eigenvalue weighted by atomic mass is 10.2. The van der Waals surface area contributed by atoms with Crippen molar-refractivity contribution in [1.29, 1.82) is 0 Å². The van der Waals surface area contributed by atoms with Crippen LogP contribution in [0.2, 0.25) is 0 Å². The van der Waals surface area contributed by atoms with Gasteiger partial charge in [-0.05, 0) is 36.4 Å². The topological polar surface area (TPSA) is 76.3 Å². The van der Waals surface area contributed by atoms with Crippen molar-refractivity contribution in [2.75, 3.05) is 0 Å². The van der Waals surface area contributed by atoms with Crippen molar-refractivity contribution in [3.8, 4) is 5.75 Å². The third-order valence-electron chi connectivity index (χ3n) is 2.90. The van der Waals surface area contributed by atoms with E-state index >= 15 is 0 Å². The Morgan fingerprint density at radius 2 is 1.95 bits per heavy atom. The molecule has 0 atom stereocenters. The summed E-state index contributed by atoms with van der Waals surface area (Å²) in [4.78, 5) is 15.7. The Labute approximate surface area is 124 Å². The van der Waals surface area contributed by atoms with Crippen molar-refractivity contribution in [2.24, 2.45) is 0 Å². The number of phenols is 1. The average molecular weight is 298 g/mol. The van der Waals surface area contributed by atoms with Crippen LogP contribution < -0.4 is 0 Å². The average Bonchev–Trinajstić information content (AvgIpc) is 2.46. The summed E-state index contributed by atoms with van der Waals surface area (Å²) in [5.41, 5.74) is 0.753. The molecule has 21 heavy (non-hydrogen) atoms. The Kier molecular flexibility index (Phi) is 3.45. The van der Waals surface area contributed by atoms with Gasteiger partial charge in [-0.2, -0.15) is 0 Å². The highest BCUT2D eigenvalue weighted by atomic mass is 32.2. The second-order valence-corrected chi connectivity index (χ2v) is 5.48. The van der Waals surface area contributed by atoms with Crippen LogP contribution in [-0.2, 0) is 0 Å². The first-order valence-electron chi connectivity index (χ1n) is 6.14. The predicted molar refractivity (Wildman–Crippen MR) is 80.6 cm³/mol. The van der Waals surface area contributed by atoms with E-state index in [0.29, 0.717) is 5.52 Å². The molecule has 0 aliphatic heterocycles. The molecule has 0 radical (unpaired) electrons. The van der Waals surface area contributed by atoms with Gasteiger partial charge in [-0.15, -0.1) is 0 Å². The van der Waals surface area contributed by atoms with Crippen LogP contribution in [0.5, 0.6) is 5.75 Å². The predicted octanol–water partition coefficient (Wildman–Crippen LogP) is 4.00. The van der Waals surface area contributed by atoms with Gasteiger partial charge in [0.05, 0.1) is 10.4 Å². The maximum atomic E-state index is 10.7. The molecular formula is C15H10N2O3S. The van der Waals surface area contributed by atoms with Gasteiger partial charge in [0, 0.05) is 22.4 Å². The molecule has 1 N–H and O–H groups in total. The minimum atomic E-state index is -0.422. The number of fused-ring (bicyclic) bond motifs is 1. The van der Waals surface area contributed by atoms with Crippen LogP contribution >= 0.6 is 11.8 Å². The number of aromatic nitrogens is 1. The van der Waals surface area contributed by atoms with Crippen LogP contribution in [0.3, 0.4) is 0 Å². The number of rotatable bonds is 3. The van der Waals surface area contributed by atoms with E-state index in [9.17, 15) is 15.2 Å². The van der Waals surface area contributed by atoms with Gasteiger partial charge in [0.2, 0.25) is 0 Å². The maximum absolute atomic E-state index is 10.7. The highest BCUT2D eigenvalue weighted by Crippen LogP contribution is 2.30. The zero-order valence-corrected chi connectivity index (χ0v) is 11.6. The van der Waals surface area contributed by atoms with Gasteiger partial charge in [0.15, 0.2) is 0 Å². The van der Waals surface area contributed by atoms with Gasteiger partial charge in [0.1, 0.15) is 10.8 Å². The summed E-state index contributed by atoms with van der Waals surface area (Å²) < 4.78 is 0. The quantitative estimate of drug-likeness (QED) is 0.584. The molecule has 1 heterocycles. The fraction of sp³-hybridized carbons (Fsp3) is 0. The number of non-ortho nitro benzene ring substituents is 1. The Balaban J connectivity index is 1.94. The number of pyridine rings is 1. The molecule has 3 rings (SSSR count). The third kappa shape index (κ3) is 2.95. The number of phenolic OH excluding ortho intramolecular Hbond substituents is 1. The Bertz CT molecular complexity index is 836. The van der Waals surface area contributed by atoms with E-state index < -0.39 is 4.92 Å². The third-order valence-corrected chi connectivity index (χ3v) is 3.82. The first-order chi connectivity index (χ1) is 10.1. The molecule has 5 nitrogen and oxygen atoms in total. The molecule has 0 unspecified atom stereocenters. The number of nitro groups is 1. The lowest BCUT2D eigenvalue weighted by Crippen LogP contribution is -1.89. The Hall–Kier alpha value is -2.60. The number of nitro benzene ring substituents is 1. The fourth-order valence-electron chi connectivity index (χ4n) is 1.93. The molecule has 0 saturated carbocycles. The van der Waals surface area contributed by atoms with Crippen LogP contribution in [0.25, 0.3) is 10.9 Å². The van der Waals surface area contributed by atoms with E-state index in [0.717, 1.165) is 15.3 Å². The van der Waals surface area contributed by atoms with Crippen LogP contribution in [-0.4, -0.2) is 15.0 Å². The molecule has 0 amide bonds. The number of nitrogens with zero attached hydrogens (tertiary/aromatic N) is 2. The highest BCUT2D eigenvalue weighted by molar-refractivity contribution is 7.99. The Morgan fingerprint density at radius 1 is 1.10 bits per heavy atom. The SMILES string of the molecule is O=[N+]([O-])c1ccc2nc(Sc3cccc(O)c3)ccc2c1. The zero-order valence-electron chi connectivity index (χ0n) is 10.8. The summed E-state index contributed by atoms with van der Waals surface area (Å²) >= 11 is 1.42. The van der Waals surface area contributed by atoms with E-state index in [-0.39, 0.29) is 11.4 Å². The number of hydrogen-bond donors (Lipinski definition) is 1. The molecule has 0 saturated heterocycles. The first-order valence-corrected chi connectivity index (χ1v) is 6.95. The van der Waals surface area contributed by atoms with Crippen molar-refractivity contribution in [3.05, 3.63) is 64.7 Å². The smallest absolute Gasteiger partial charge is 0.270 e. The fourth-order valence-corrected chi connectivity index (χ4v) is 2.78. The van der Waals surface area contributed by atoms with Crippen molar-refractivity contribution in [3.63, 3.8) is 0 Å². The lowest BCUT2D eigenvalue weighted by Gasteiger charge is -2.03. The standard InChI is InChI=1S/C15H10N2O3S/c18-12-2-1-3-13(9-12)21-15-7-4-10-8-11(17(19)20)5-6-14(10)16-15/h1-9,18H. The molecule has 0 fully saturated rings. The molecule has 0 aliphatic rings.